The van der Waals surface area contributed by atoms with Crippen molar-refractivity contribution in [3.8, 4) is 0 Å². The first-order chi connectivity index (χ1) is 15.0. The number of hydrogen-bond donors (Lipinski definition) is 1. The number of nitrogens with zero attached hydrogens (tertiary/aromatic N) is 3. The van der Waals surface area contributed by atoms with Crippen LogP contribution in [0.25, 0.3) is 0 Å². The van der Waals surface area contributed by atoms with Gasteiger partial charge in [0, 0.05) is 44.3 Å². The molecule has 1 aromatic rings. The molecule has 1 atom stereocenters. The molecular weight excluding hydrogens is 399 g/mol. The fraction of sp³-hybridized carbons (Fsp3) is 0.609. The quantitative estimate of drug-likeness (QED) is 0.801. The van der Waals surface area contributed by atoms with E-state index in [2.05, 4.69) is 5.32 Å². The van der Waals surface area contributed by atoms with Gasteiger partial charge in [-0.1, -0.05) is 19.3 Å². The molecule has 168 valence electrons. The Balaban J connectivity index is 1.29. The first-order valence-corrected chi connectivity index (χ1v) is 11.4. The van der Waals surface area contributed by atoms with Gasteiger partial charge < -0.3 is 20.0 Å². The summed E-state index contributed by atoms with van der Waals surface area (Å²) >= 11 is 0. The van der Waals surface area contributed by atoms with E-state index >= 15 is 0 Å². The minimum Gasteiger partial charge on any atom is -0.337 e. The van der Waals surface area contributed by atoms with Crippen molar-refractivity contribution >= 4 is 23.5 Å². The van der Waals surface area contributed by atoms with E-state index in [1.54, 1.807) is 9.80 Å². The maximum atomic E-state index is 13.2. The molecule has 4 amide bonds. The standard InChI is InChI=1S/C23H31FN4O3/c24-18-8-10-19(11-9-18)25-23(31)27-15-13-26(14-16-27)22(30)20-7-4-12-28(20)21(29)17-5-2-1-3-6-17/h8-11,17,20H,1-7,12-16H2,(H,25,31). The highest BCUT2D eigenvalue weighted by Gasteiger charge is 2.39. The van der Waals surface area contributed by atoms with Crippen molar-refractivity contribution in [3.63, 3.8) is 0 Å². The van der Waals surface area contributed by atoms with Gasteiger partial charge in [-0.2, -0.15) is 0 Å². The Kier molecular flexibility index (Phi) is 6.73. The molecule has 1 N–H and O–H groups in total. The van der Waals surface area contributed by atoms with E-state index in [1.807, 2.05) is 4.90 Å². The van der Waals surface area contributed by atoms with E-state index in [9.17, 15) is 18.8 Å². The summed E-state index contributed by atoms with van der Waals surface area (Å²) in [5.74, 6) is -0.102. The third kappa shape index (κ3) is 4.99. The summed E-state index contributed by atoms with van der Waals surface area (Å²) in [6.07, 6.45) is 6.88. The maximum absolute atomic E-state index is 13.2. The van der Waals surface area contributed by atoms with Crippen LogP contribution < -0.4 is 5.32 Å². The lowest BCUT2D eigenvalue weighted by molar-refractivity contribution is -0.147. The summed E-state index contributed by atoms with van der Waals surface area (Å²) in [5, 5.41) is 2.76. The third-order valence-electron chi connectivity index (χ3n) is 6.75. The predicted octanol–water partition coefficient (Wildman–Crippen LogP) is 3.07. The number of halogens is 1. The summed E-state index contributed by atoms with van der Waals surface area (Å²) in [5.41, 5.74) is 0.535. The monoisotopic (exact) mass is 430 g/mol. The van der Waals surface area contributed by atoms with Crippen molar-refractivity contribution in [1.29, 1.82) is 0 Å². The summed E-state index contributed by atoms with van der Waals surface area (Å²) in [6.45, 7) is 2.45. The van der Waals surface area contributed by atoms with Gasteiger partial charge in [0.25, 0.3) is 0 Å². The zero-order valence-corrected chi connectivity index (χ0v) is 17.9. The molecule has 1 aliphatic carbocycles. The van der Waals surface area contributed by atoms with Gasteiger partial charge in [-0.25, -0.2) is 9.18 Å². The number of piperazine rings is 1. The fourth-order valence-electron chi connectivity index (χ4n) is 4.95. The molecule has 3 fully saturated rings. The number of amides is 4. The van der Waals surface area contributed by atoms with Gasteiger partial charge in [0.15, 0.2) is 0 Å². The highest BCUT2D eigenvalue weighted by molar-refractivity contribution is 5.91. The Morgan fingerprint density at radius 2 is 1.42 bits per heavy atom. The molecular formula is C23H31FN4O3. The fourth-order valence-corrected chi connectivity index (χ4v) is 4.95. The van der Waals surface area contributed by atoms with Crippen LogP contribution in [0.5, 0.6) is 0 Å². The first-order valence-electron chi connectivity index (χ1n) is 11.4. The Morgan fingerprint density at radius 1 is 0.774 bits per heavy atom. The van der Waals surface area contributed by atoms with E-state index in [1.165, 1.54) is 30.7 Å². The molecule has 4 rings (SSSR count). The number of rotatable bonds is 3. The summed E-state index contributed by atoms with van der Waals surface area (Å²) in [4.78, 5) is 43.9. The average molecular weight is 431 g/mol. The first kappa shape index (κ1) is 21.6. The van der Waals surface area contributed by atoms with Crippen LogP contribution in [0.4, 0.5) is 14.9 Å². The van der Waals surface area contributed by atoms with Gasteiger partial charge in [-0.3, -0.25) is 9.59 Å². The second kappa shape index (κ2) is 9.66. The van der Waals surface area contributed by atoms with Crippen LogP contribution >= 0.6 is 0 Å². The Hall–Kier alpha value is -2.64. The van der Waals surface area contributed by atoms with Crippen molar-refractivity contribution in [2.45, 2.75) is 51.0 Å². The van der Waals surface area contributed by atoms with Gasteiger partial charge in [0.05, 0.1) is 0 Å². The van der Waals surface area contributed by atoms with Gasteiger partial charge >= 0.3 is 6.03 Å². The van der Waals surface area contributed by atoms with E-state index < -0.39 is 0 Å². The molecule has 0 radical (unpaired) electrons. The molecule has 1 saturated carbocycles. The molecule has 3 aliphatic rings. The molecule has 0 bridgehead atoms. The van der Waals surface area contributed by atoms with Crippen LogP contribution in [0.2, 0.25) is 0 Å². The van der Waals surface area contributed by atoms with E-state index in [4.69, 9.17) is 0 Å². The van der Waals surface area contributed by atoms with E-state index in [0.29, 0.717) is 38.4 Å². The van der Waals surface area contributed by atoms with Crippen LogP contribution in [-0.4, -0.2) is 71.3 Å². The van der Waals surface area contributed by atoms with E-state index in [-0.39, 0.29) is 35.6 Å². The van der Waals surface area contributed by atoms with Gasteiger partial charge in [0.1, 0.15) is 11.9 Å². The van der Waals surface area contributed by atoms with Gasteiger partial charge in [0.2, 0.25) is 11.8 Å². The molecule has 2 aliphatic heterocycles. The highest BCUT2D eigenvalue weighted by atomic mass is 19.1. The molecule has 7 nitrogen and oxygen atoms in total. The zero-order valence-electron chi connectivity index (χ0n) is 17.9. The lowest BCUT2D eigenvalue weighted by Gasteiger charge is -2.38. The Bertz CT molecular complexity index is 802. The number of anilines is 1. The number of carbonyl (C=O) groups excluding carboxylic acids is 3. The second-order valence-electron chi connectivity index (χ2n) is 8.77. The smallest absolute Gasteiger partial charge is 0.321 e. The van der Waals surface area contributed by atoms with E-state index in [0.717, 1.165) is 38.5 Å². The number of likely N-dealkylation sites (tertiary alicyclic amines) is 1. The molecule has 0 aromatic heterocycles. The topological polar surface area (TPSA) is 73.0 Å². The van der Waals surface area contributed by atoms with Crippen molar-refractivity contribution < 1.29 is 18.8 Å². The lowest BCUT2D eigenvalue weighted by Crippen LogP contribution is -2.56. The lowest BCUT2D eigenvalue weighted by atomic mass is 9.88. The SMILES string of the molecule is O=C(Nc1ccc(F)cc1)N1CCN(C(=O)C2CCCN2C(=O)C2CCCCC2)CC1. The van der Waals surface area contributed by atoms with Crippen LogP contribution in [0.15, 0.2) is 24.3 Å². The van der Waals surface area contributed by atoms with Gasteiger partial charge in [-0.15, -0.1) is 0 Å². The third-order valence-corrected chi connectivity index (χ3v) is 6.75. The normalized spacial score (nSPS) is 22.5. The molecule has 2 saturated heterocycles. The average Bonchev–Trinajstić information content (AvgIpc) is 3.30. The van der Waals surface area contributed by atoms with Crippen molar-refractivity contribution in [2.75, 3.05) is 38.0 Å². The number of hydrogen-bond acceptors (Lipinski definition) is 3. The summed E-state index contributed by atoms with van der Waals surface area (Å²) < 4.78 is 13.0. The maximum Gasteiger partial charge on any atom is 0.321 e. The molecule has 2 heterocycles. The molecule has 1 unspecified atom stereocenters. The molecule has 31 heavy (non-hydrogen) atoms. The number of nitrogens with one attached hydrogen (secondary N) is 1. The molecule has 8 heteroatoms. The highest BCUT2D eigenvalue weighted by Crippen LogP contribution is 2.29. The van der Waals surface area contributed by atoms with Crippen LogP contribution in [-0.2, 0) is 9.59 Å². The zero-order chi connectivity index (χ0) is 21.8. The van der Waals surface area contributed by atoms with Gasteiger partial charge in [-0.05, 0) is 49.9 Å². The van der Waals surface area contributed by atoms with Crippen LogP contribution in [0, 0.1) is 11.7 Å². The van der Waals surface area contributed by atoms with Crippen molar-refractivity contribution in [2.24, 2.45) is 5.92 Å². The minimum absolute atomic E-state index is 0.0141. The Morgan fingerprint density at radius 3 is 2.10 bits per heavy atom. The summed E-state index contributed by atoms with van der Waals surface area (Å²) in [6, 6.07) is 5.03. The molecule has 1 aromatic carbocycles. The Labute approximate surface area is 182 Å². The van der Waals surface area contributed by atoms with Crippen molar-refractivity contribution in [1.82, 2.24) is 14.7 Å². The number of benzene rings is 1. The minimum atomic E-state index is -0.354. The largest absolute Gasteiger partial charge is 0.337 e. The number of carbonyl (C=O) groups is 3. The number of urea groups is 1. The molecule has 0 spiro atoms. The van der Waals surface area contributed by atoms with Crippen LogP contribution in [0.3, 0.4) is 0 Å². The second-order valence-corrected chi connectivity index (χ2v) is 8.77. The van der Waals surface area contributed by atoms with Crippen LogP contribution in [0.1, 0.15) is 44.9 Å². The summed E-state index contributed by atoms with van der Waals surface area (Å²) in [7, 11) is 0. The van der Waals surface area contributed by atoms with Crippen molar-refractivity contribution in [3.05, 3.63) is 30.1 Å². The predicted molar refractivity (Wildman–Crippen MR) is 115 cm³/mol.